The molecule has 0 saturated carbocycles. The van der Waals surface area contributed by atoms with E-state index in [1.54, 1.807) is 43.8 Å². The average molecular weight is 436 g/mol. The van der Waals surface area contributed by atoms with Crippen LogP contribution in [0.2, 0.25) is 0 Å². The first kappa shape index (κ1) is 20.8. The van der Waals surface area contributed by atoms with E-state index in [0.717, 1.165) is 23.2 Å². The third kappa shape index (κ3) is 4.09. The minimum atomic E-state index is -0.308. The van der Waals surface area contributed by atoms with Gasteiger partial charge in [0.15, 0.2) is 0 Å². The number of fused-ring (bicyclic) bond motifs is 1. The molecule has 31 heavy (non-hydrogen) atoms. The molecule has 0 fully saturated rings. The smallest absolute Gasteiger partial charge is 0.319 e. The zero-order chi connectivity index (χ0) is 21.8. The first-order valence-corrected chi connectivity index (χ1v) is 10.9. The molecule has 0 bridgehead atoms. The van der Waals surface area contributed by atoms with Crippen LogP contribution in [0.1, 0.15) is 12.5 Å². The Morgan fingerprint density at radius 3 is 2.61 bits per heavy atom. The maximum atomic E-state index is 12.7. The lowest BCUT2D eigenvalue weighted by Gasteiger charge is -2.13. The predicted octanol–water partition coefficient (Wildman–Crippen LogP) is 5.73. The van der Waals surface area contributed by atoms with Gasteiger partial charge in [-0.2, -0.15) is 0 Å². The van der Waals surface area contributed by atoms with E-state index in [4.69, 9.17) is 9.47 Å². The lowest BCUT2D eigenvalue weighted by Crippen LogP contribution is -2.28. The Morgan fingerprint density at radius 2 is 1.90 bits per heavy atom. The number of carbonyl (C=O) groups excluding carboxylic acids is 1. The molecule has 2 heterocycles. The summed E-state index contributed by atoms with van der Waals surface area (Å²) in [5, 5.41) is 9.10. The van der Waals surface area contributed by atoms with Crippen LogP contribution in [0, 0.1) is 0 Å². The minimum absolute atomic E-state index is 0.308. The van der Waals surface area contributed by atoms with Gasteiger partial charge in [0.1, 0.15) is 11.5 Å². The predicted molar refractivity (Wildman–Crippen MR) is 126 cm³/mol. The van der Waals surface area contributed by atoms with Crippen molar-refractivity contribution in [2.75, 3.05) is 19.5 Å². The van der Waals surface area contributed by atoms with Gasteiger partial charge in [0.2, 0.25) is 0 Å². The highest BCUT2D eigenvalue weighted by Crippen LogP contribution is 2.36. The number of benzene rings is 2. The number of thiophene rings is 1. The fourth-order valence-corrected chi connectivity index (χ4v) is 4.63. The third-order valence-electron chi connectivity index (χ3n) is 5.23. The molecule has 4 rings (SSSR count). The van der Waals surface area contributed by atoms with Gasteiger partial charge in [0.25, 0.3) is 0 Å². The van der Waals surface area contributed by atoms with E-state index in [9.17, 15) is 4.79 Å². The van der Waals surface area contributed by atoms with Crippen LogP contribution in [0.15, 0.2) is 60.0 Å². The molecule has 6 nitrogen and oxygen atoms in total. The van der Waals surface area contributed by atoms with E-state index in [2.05, 4.69) is 51.8 Å². The molecule has 0 unspecified atom stereocenters. The number of aryl methyl sites for hydroxylation is 1. The lowest BCUT2D eigenvalue weighted by molar-refractivity contribution is 0.251. The zero-order valence-corrected chi connectivity index (χ0v) is 18.6. The monoisotopic (exact) mass is 435 g/mol. The molecule has 2 amide bonds. The molecular formula is C24H25N3O3S. The van der Waals surface area contributed by atoms with Gasteiger partial charge in [-0.05, 0) is 36.6 Å². The molecule has 2 aromatic carbocycles. The van der Waals surface area contributed by atoms with E-state index >= 15 is 0 Å². The summed E-state index contributed by atoms with van der Waals surface area (Å²) in [6.07, 6.45) is 0. The van der Waals surface area contributed by atoms with Gasteiger partial charge >= 0.3 is 6.03 Å². The number of aromatic nitrogens is 1. The highest BCUT2D eigenvalue weighted by atomic mass is 32.1. The standard InChI is InChI=1S/C24H25N3O3S/c1-4-27-20-9-6-5-8-17(20)18(23(27)22-10-7-13-31-22)15-25-24(28)26-19-14-16(29-2)11-12-21(19)30-3/h5-14H,4,15H2,1-3H3,(H2,25,26,28). The molecule has 0 aliphatic rings. The van der Waals surface area contributed by atoms with Crippen LogP contribution in [0.25, 0.3) is 21.5 Å². The van der Waals surface area contributed by atoms with Crippen molar-refractivity contribution in [2.24, 2.45) is 0 Å². The number of nitrogens with zero attached hydrogens (tertiary/aromatic N) is 1. The summed E-state index contributed by atoms with van der Waals surface area (Å²) in [7, 11) is 3.15. The van der Waals surface area contributed by atoms with Gasteiger partial charge in [-0.15, -0.1) is 11.3 Å². The molecule has 0 aliphatic carbocycles. The molecule has 7 heteroatoms. The molecule has 2 aromatic heterocycles. The number of carbonyl (C=O) groups is 1. The highest BCUT2D eigenvalue weighted by molar-refractivity contribution is 7.13. The number of rotatable bonds is 7. The first-order chi connectivity index (χ1) is 15.2. The molecule has 0 radical (unpaired) electrons. The van der Waals surface area contributed by atoms with Gasteiger partial charge in [0, 0.05) is 35.6 Å². The van der Waals surface area contributed by atoms with Crippen molar-refractivity contribution in [3.63, 3.8) is 0 Å². The normalized spacial score (nSPS) is 10.8. The molecule has 0 spiro atoms. The van der Waals surface area contributed by atoms with Crippen LogP contribution in [-0.2, 0) is 13.1 Å². The number of ether oxygens (including phenoxy) is 2. The zero-order valence-electron chi connectivity index (χ0n) is 17.8. The van der Waals surface area contributed by atoms with E-state index < -0.39 is 0 Å². The van der Waals surface area contributed by atoms with Crippen molar-refractivity contribution in [2.45, 2.75) is 20.0 Å². The number of anilines is 1. The van der Waals surface area contributed by atoms with E-state index in [1.165, 1.54) is 10.4 Å². The Labute approximate surface area is 185 Å². The van der Waals surface area contributed by atoms with Crippen LogP contribution in [0.3, 0.4) is 0 Å². The Bertz CT molecular complexity index is 1200. The summed E-state index contributed by atoms with van der Waals surface area (Å²) >= 11 is 1.70. The summed E-state index contributed by atoms with van der Waals surface area (Å²) in [6, 6.07) is 17.5. The van der Waals surface area contributed by atoms with Gasteiger partial charge in [0.05, 0.1) is 30.5 Å². The number of hydrogen-bond donors (Lipinski definition) is 2. The minimum Gasteiger partial charge on any atom is -0.497 e. The summed E-state index contributed by atoms with van der Waals surface area (Å²) in [6.45, 7) is 3.39. The van der Waals surface area contributed by atoms with Gasteiger partial charge < -0.3 is 24.7 Å². The quantitative estimate of drug-likeness (QED) is 0.390. The Balaban J connectivity index is 1.63. The summed E-state index contributed by atoms with van der Waals surface area (Å²) in [5.74, 6) is 1.21. The van der Waals surface area contributed by atoms with Gasteiger partial charge in [-0.25, -0.2) is 4.79 Å². The highest BCUT2D eigenvalue weighted by Gasteiger charge is 2.19. The van der Waals surface area contributed by atoms with E-state index in [0.29, 0.717) is 23.7 Å². The third-order valence-corrected chi connectivity index (χ3v) is 6.10. The fraction of sp³-hybridized carbons (Fsp3) is 0.208. The summed E-state index contributed by atoms with van der Waals surface area (Å²) < 4.78 is 12.9. The maximum Gasteiger partial charge on any atom is 0.319 e. The molecule has 0 atom stereocenters. The Kier molecular flexibility index (Phi) is 6.13. The van der Waals surface area contributed by atoms with Crippen LogP contribution in [0.5, 0.6) is 11.5 Å². The first-order valence-electron chi connectivity index (χ1n) is 10.1. The molecule has 2 N–H and O–H groups in total. The molecule has 4 aromatic rings. The second-order valence-corrected chi connectivity index (χ2v) is 7.89. The van der Waals surface area contributed by atoms with Crippen molar-refractivity contribution in [1.29, 1.82) is 0 Å². The molecule has 160 valence electrons. The number of methoxy groups -OCH3 is 2. The fourth-order valence-electron chi connectivity index (χ4n) is 3.82. The van der Waals surface area contributed by atoms with Crippen molar-refractivity contribution in [1.82, 2.24) is 9.88 Å². The van der Waals surface area contributed by atoms with E-state index in [-0.39, 0.29) is 6.03 Å². The summed E-state index contributed by atoms with van der Waals surface area (Å²) in [4.78, 5) is 13.9. The number of amides is 2. The largest absolute Gasteiger partial charge is 0.497 e. The van der Waals surface area contributed by atoms with Crippen molar-refractivity contribution in [3.8, 4) is 22.1 Å². The number of urea groups is 1. The van der Waals surface area contributed by atoms with E-state index in [1.807, 2.05) is 12.1 Å². The van der Waals surface area contributed by atoms with Crippen LogP contribution < -0.4 is 20.1 Å². The Morgan fingerprint density at radius 1 is 1.06 bits per heavy atom. The average Bonchev–Trinajstić information content (AvgIpc) is 3.43. The van der Waals surface area contributed by atoms with Crippen molar-refractivity contribution < 1.29 is 14.3 Å². The topological polar surface area (TPSA) is 64.5 Å². The van der Waals surface area contributed by atoms with Crippen LogP contribution in [0.4, 0.5) is 10.5 Å². The molecule has 0 aliphatic heterocycles. The summed E-state index contributed by atoms with van der Waals surface area (Å²) in [5.41, 5.74) is 3.97. The number of para-hydroxylation sites is 1. The van der Waals surface area contributed by atoms with Gasteiger partial charge in [-0.3, -0.25) is 0 Å². The second-order valence-electron chi connectivity index (χ2n) is 6.94. The van der Waals surface area contributed by atoms with Gasteiger partial charge in [-0.1, -0.05) is 24.3 Å². The second kappa shape index (κ2) is 9.14. The maximum absolute atomic E-state index is 12.7. The Hall–Kier alpha value is -3.45. The number of nitrogens with one attached hydrogen (secondary N) is 2. The van der Waals surface area contributed by atoms with Crippen LogP contribution in [-0.4, -0.2) is 24.8 Å². The number of hydrogen-bond acceptors (Lipinski definition) is 4. The van der Waals surface area contributed by atoms with Crippen LogP contribution >= 0.6 is 11.3 Å². The van der Waals surface area contributed by atoms with Crippen molar-refractivity contribution in [3.05, 3.63) is 65.5 Å². The van der Waals surface area contributed by atoms with Crippen molar-refractivity contribution >= 4 is 34.0 Å². The molecular weight excluding hydrogens is 410 g/mol. The SMILES string of the molecule is CCn1c(-c2cccs2)c(CNC(=O)Nc2cc(OC)ccc2OC)c2ccccc21. The lowest BCUT2D eigenvalue weighted by atomic mass is 10.1. The molecule has 0 saturated heterocycles.